The Bertz CT molecular complexity index is 1280. The number of fused-ring (bicyclic) bond motifs is 2. The van der Waals surface area contributed by atoms with Gasteiger partial charge in [0.1, 0.15) is 11.3 Å². The number of morpholine rings is 1. The maximum atomic E-state index is 13.5. The number of ether oxygens (including phenoxy) is 2. The summed E-state index contributed by atoms with van der Waals surface area (Å²) in [6.45, 7) is 3.78. The van der Waals surface area contributed by atoms with Crippen molar-refractivity contribution in [2.75, 3.05) is 46.0 Å². The number of hydrogen-bond acceptors (Lipinski definition) is 7. The van der Waals surface area contributed by atoms with Crippen molar-refractivity contribution in [3.05, 3.63) is 75.6 Å². The molecule has 0 bridgehead atoms. The van der Waals surface area contributed by atoms with E-state index < -0.39 is 11.9 Å². The van der Waals surface area contributed by atoms with Gasteiger partial charge in [0, 0.05) is 26.2 Å². The monoisotopic (exact) mass is 463 g/mol. The predicted octanol–water partition coefficient (Wildman–Crippen LogP) is 1.53. The third kappa shape index (κ3) is 4.15. The summed E-state index contributed by atoms with van der Waals surface area (Å²) in [7, 11) is 0. The fourth-order valence-corrected chi connectivity index (χ4v) is 4.52. The van der Waals surface area contributed by atoms with Crippen LogP contribution in [0.1, 0.15) is 27.7 Å². The summed E-state index contributed by atoms with van der Waals surface area (Å²) in [6.07, 6.45) is 0. The number of para-hydroxylation sites is 1. The highest BCUT2D eigenvalue weighted by Gasteiger charge is 2.42. The summed E-state index contributed by atoms with van der Waals surface area (Å²) in [5, 5.41) is 0.440. The first-order chi connectivity index (χ1) is 16.5. The van der Waals surface area contributed by atoms with E-state index in [2.05, 4.69) is 4.90 Å². The van der Waals surface area contributed by atoms with E-state index in [1.165, 1.54) is 0 Å². The summed E-state index contributed by atoms with van der Waals surface area (Å²) in [5.41, 5.74) is 6.43. The minimum absolute atomic E-state index is 0.0877. The Hall–Kier alpha value is -3.69. The van der Waals surface area contributed by atoms with E-state index in [1.54, 1.807) is 53.4 Å². The molecule has 0 aliphatic carbocycles. The Kier molecular flexibility index (Phi) is 6.04. The topological polar surface area (TPSA) is 115 Å². The van der Waals surface area contributed by atoms with Gasteiger partial charge in [-0.15, -0.1) is 0 Å². The Morgan fingerprint density at radius 2 is 1.76 bits per heavy atom. The van der Waals surface area contributed by atoms with Gasteiger partial charge in [0.25, 0.3) is 11.8 Å². The molecule has 2 amide bonds. The molecule has 34 heavy (non-hydrogen) atoms. The fraction of sp³-hybridized carbons (Fsp3) is 0.320. The standard InChI is InChI=1S/C25H25N3O6/c26-20(29)15-33-17-7-5-16(6-8-17)22-21-23(30)18-3-1-2-4-19(18)34-24(21)25(31)28(22)10-9-27-11-13-32-14-12-27/h1-8,22H,9-15H2,(H2,26,29). The third-order valence-electron chi connectivity index (χ3n) is 6.21. The average Bonchev–Trinajstić information content (AvgIpc) is 3.14. The molecule has 1 unspecified atom stereocenters. The van der Waals surface area contributed by atoms with Crippen molar-refractivity contribution in [3.63, 3.8) is 0 Å². The summed E-state index contributed by atoms with van der Waals surface area (Å²) in [5.74, 6) is -0.314. The Labute approximate surface area is 195 Å². The number of benzene rings is 2. The van der Waals surface area contributed by atoms with Crippen LogP contribution in [0.15, 0.2) is 57.7 Å². The minimum Gasteiger partial charge on any atom is -0.484 e. The number of carbonyl (C=O) groups excluding carboxylic acids is 2. The van der Waals surface area contributed by atoms with E-state index in [0.29, 0.717) is 48.6 Å². The number of rotatable bonds is 7. The summed E-state index contributed by atoms with van der Waals surface area (Å²) in [4.78, 5) is 41.9. The van der Waals surface area contributed by atoms with Crippen LogP contribution in [0.3, 0.4) is 0 Å². The Balaban J connectivity index is 1.52. The maximum Gasteiger partial charge on any atom is 0.290 e. The van der Waals surface area contributed by atoms with Crippen molar-refractivity contribution in [2.45, 2.75) is 6.04 Å². The minimum atomic E-state index is -0.588. The summed E-state index contributed by atoms with van der Waals surface area (Å²) < 4.78 is 16.7. The van der Waals surface area contributed by atoms with E-state index in [4.69, 9.17) is 19.6 Å². The Morgan fingerprint density at radius 1 is 1.03 bits per heavy atom. The average molecular weight is 463 g/mol. The van der Waals surface area contributed by atoms with Crippen LogP contribution in [0.25, 0.3) is 11.0 Å². The van der Waals surface area contributed by atoms with Gasteiger partial charge in [-0.2, -0.15) is 0 Å². The molecule has 0 radical (unpaired) electrons. The lowest BCUT2D eigenvalue weighted by atomic mass is 9.98. The van der Waals surface area contributed by atoms with Gasteiger partial charge in [0.05, 0.1) is 30.2 Å². The first-order valence-electron chi connectivity index (χ1n) is 11.2. The normalized spacial score (nSPS) is 18.3. The molecule has 3 aromatic rings. The first kappa shape index (κ1) is 22.1. The largest absolute Gasteiger partial charge is 0.484 e. The molecule has 5 rings (SSSR count). The van der Waals surface area contributed by atoms with Crippen LogP contribution in [0.5, 0.6) is 5.75 Å². The van der Waals surface area contributed by atoms with Crippen LogP contribution in [0.4, 0.5) is 0 Å². The number of hydrogen-bond donors (Lipinski definition) is 1. The number of nitrogens with zero attached hydrogens (tertiary/aromatic N) is 2. The summed E-state index contributed by atoms with van der Waals surface area (Å²) >= 11 is 0. The van der Waals surface area contributed by atoms with Crippen LogP contribution in [-0.4, -0.2) is 67.6 Å². The molecule has 2 aliphatic heterocycles. The second-order valence-corrected chi connectivity index (χ2v) is 8.35. The molecule has 3 heterocycles. The molecule has 2 N–H and O–H groups in total. The molecule has 9 nitrogen and oxygen atoms in total. The highest BCUT2D eigenvalue weighted by Crippen LogP contribution is 2.38. The van der Waals surface area contributed by atoms with Crippen LogP contribution in [0.2, 0.25) is 0 Å². The molecule has 9 heteroatoms. The third-order valence-corrected chi connectivity index (χ3v) is 6.21. The lowest BCUT2D eigenvalue weighted by Crippen LogP contribution is -2.42. The number of primary amides is 1. The number of amides is 2. The Morgan fingerprint density at radius 3 is 2.50 bits per heavy atom. The molecule has 1 fully saturated rings. The van der Waals surface area contributed by atoms with E-state index >= 15 is 0 Å². The van der Waals surface area contributed by atoms with Crippen molar-refractivity contribution >= 4 is 22.8 Å². The molecular weight excluding hydrogens is 438 g/mol. The van der Waals surface area contributed by atoms with Gasteiger partial charge in [0.2, 0.25) is 5.76 Å². The van der Waals surface area contributed by atoms with Crippen molar-refractivity contribution in [1.82, 2.24) is 9.80 Å². The molecular formula is C25H25N3O6. The van der Waals surface area contributed by atoms with Gasteiger partial charge < -0.3 is 24.5 Å². The van der Waals surface area contributed by atoms with Crippen LogP contribution < -0.4 is 15.9 Å². The quantitative estimate of drug-likeness (QED) is 0.565. The lowest BCUT2D eigenvalue weighted by molar-refractivity contribution is -0.119. The van der Waals surface area contributed by atoms with E-state index in [-0.39, 0.29) is 23.7 Å². The molecule has 1 atom stereocenters. The zero-order chi connectivity index (χ0) is 23.7. The van der Waals surface area contributed by atoms with Crippen LogP contribution >= 0.6 is 0 Å². The maximum absolute atomic E-state index is 13.5. The van der Waals surface area contributed by atoms with E-state index in [0.717, 1.165) is 18.7 Å². The van der Waals surface area contributed by atoms with Gasteiger partial charge in [-0.05, 0) is 29.8 Å². The second-order valence-electron chi connectivity index (χ2n) is 8.35. The summed E-state index contributed by atoms with van der Waals surface area (Å²) in [6, 6.07) is 13.3. The van der Waals surface area contributed by atoms with Gasteiger partial charge in [-0.25, -0.2) is 0 Å². The van der Waals surface area contributed by atoms with Gasteiger partial charge in [-0.1, -0.05) is 24.3 Å². The van der Waals surface area contributed by atoms with Gasteiger partial charge >= 0.3 is 0 Å². The number of nitrogens with two attached hydrogens (primary N) is 1. The SMILES string of the molecule is NC(=O)COc1ccc(C2c3c(oc4ccccc4c3=O)C(=O)N2CCN2CCOCC2)cc1. The molecule has 1 saturated heterocycles. The van der Waals surface area contributed by atoms with Crippen molar-refractivity contribution in [2.24, 2.45) is 5.73 Å². The highest BCUT2D eigenvalue weighted by molar-refractivity contribution is 5.99. The molecule has 0 spiro atoms. The van der Waals surface area contributed by atoms with Crippen molar-refractivity contribution < 1.29 is 23.5 Å². The van der Waals surface area contributed by atoms with Crippen molar-refractivity contribution in [3.8, 4) is 5.75 Å². The van der Waals surface area contributed by atoms with Crippen LogP contribution in [-0.2, 0) is 9.53 Å². The zero-order valence-electron chi connectivity index (χ0n) is 18.6. The lowest BCUT2D eigenvalue weighted by Gasteiger charge is -2.31. The molecule has 0 saturated carbocycles. The second kappa shape index (κ2) is 9.28. The number of carbonyl (C=O) groups is 2. The predicted molar refractivity (Wildman–Crippen MR) is 124 cm³/mol. The van der Waals surface area contributed by atoms with Crippen LogP contribution in [0, 0.1) is 0 Å². The zero-order valence-corrected chi connectivity index (χ0v) is 18.6. The van der Waals surface area contributed by atoms with Gasteiger partial charge in [-0.3, -0.25) is 19.3 Å². The van der Waals surface area contributed by atoms with Gasteiger partial charge in [0.15, 0.2) is 12.0 Å². The van der Waals surface area contributed by atoms with E-state index in [9.17, 15) is 14.4 Å². The van der Waals surface area contributed by atoms with E-state index in [1.807, 2.05) is 0 Å². The highest BCUT2D eigenvalue weighted by atomic mass is 16.5. The first-order valence-corrected chi connectivity index (χ1v) is 11.2. The smallest absolute Gasteiger partial charge is 0.290 e. The molecule has 2 aromatic carbocycles. The molecule has 2 aliphatic rings. The fourth-order valence-electron chi connectivity index (χ4n) is 4.52. The molecule has 1 aromatic heterocycles. The van der Waals surface area contributed by atoms with Crippen molar-refractivity contribution in [1.29, 1.82) is 0 Å². The molecule has 176 valence electrons.